The van der Waals surface area contributed by atoms with Crippen molar-refractivity contribution in [1.29, 1.82) is 0 Å². The maximum Gasteiger partial charge on any atom is 0.227 e. The van der Waals surface area contributed by atoms with E-state index in [9.17, 15) is 9.59 Å². The number of nitrogens with zero attached hydrogens (tertiary/aromatic N) is 4. The SMILES string of the molecule is O=C(C1CC1)N1CCCC(C(=O)N2CCCC(c3nc4ncccc4[nH]3)C2)C1. The van der Waals surface area contributed by atoms with Gasteiger partial charge in [0.25, 0.3) is 0 Å². The first-order chi connectivity index (χ1) is 13.7. The number of amides is 2. The zero-order chi connectivity index (χ0) is 19.1. The summed E-state index contributed by atoms with van der Waals surface area (Å²) >= 11 is 0. The number of pyridine rings is 1. The molecule has 7 nitrogen and oxygen atoms in total. The Hall–Kier alpha value is -2.44. The van der Waals surface area contributed by atoms with Gasteiger partial charge in [0.1, 0.15) is 5.82 Å². The van der Waals surface area contributed by atoms with Crippen LogP contribution in [0.15, 0.2) is 18.3 Å². The van der Waals surface area contributed by atoms with Crippen LogP contribution in [-0.2, 0) is 9.59 Å². The topological polar surface area (TPSA) is 82.2 Å². The first-order valence-electron chi connectivity index (χ1n) is 10.6. The van der Waals surface area contributed by atoms with Gasteiger partial charge in [0.2, 0.25) is 11.8 Å². The molecule has 0 spiro atoms. The zero-order valence-electron chi connectivity index (χ0n) is 16.1. The molecular weight excluding hydrogens is 354 g/mol. The van der Waals surface area contributed by atoms with E-state index in [1.54, 1.807) is 6.20 Å². The highest BCUT2D eigenvalue weighted by Crippen LogP contribution is 2.33. The minimum Gasteiger partial charge on any atom is -0.342 e. The number of H-pyrrole nitrogens is 1. The van der Waals surface area contributed by atoms with Crippen LogP contribution in [-0.4, -0.2) is 62.7 Å². The van der Waals surface area contributed by atoms with Crippen molar-refractivity contribution in [3.05, 3.63) is 24.2 Å². The molecule has 2 aliphatic heterocycles. The van der Waals surface area contributed by atoms with Crippen LogP contribution >= 0.6 is 0 Å². The number of hydrogen-bond acceptors (Lipinski definition) is 4. The summed E-state index contributed by atoms with van der Waals surface area (Å²) in [5, 5.41) is 0. The predicted octanol–water partition coefficient (Wildman–Crippen LogP) is 2.31. The number of aromatic amines is 1. The monoisotopic (exact) mass is 381 g/mol. The van der Waals surface area contributed by atoms with Crippen molar-refractivity contribution in [2.75, 3.05) is 26.2 Å². The lowest BCUT2D eigenvalue weighted by Crippen LogP contribution is -2.49. The fourth-order valence-electron chi connectivity index (χ4n) is 4.68. The van der Waals surface area contributed by atoms with E-state index in [1.165, 1.54) is 0 Å². The second-order valence-corrected chi connectivity index (χ2v) is 8.52. The number of hydrogen-bond donors (Lipinski definition) is 1. The van der Waals surface area contributed by atoms with Gasteiger partial charge in [-0.3, -0.25) is 9.59 Å². The van der Waals surface area contributed by atoms with Crippen molar-refractivity contribution in [3.63, 3.8) is 0 Å². The number of piperidine rings is 2. The second-order valence-electron chi connectivity index (χ2n) is 8.52. The van der Waals surface area contributed by atoms with Crippen molar-refractivity contribution < 1.29 is 9.59 Å². The Kier molecular flexibility index (Phi) is 4.53. The molecular formula is C21H27N5O2. The third-order valence-electron chi connectivity index (χ3n) is 6.40. The third-order valence-corrected chi connectivity index (χ3v) is 6.40. The second kappa shape index (κ2) is 7.18. The number of carbonyl (C=O) groups excluding carboxylic acids is 2. The van der Waals surface area contributed by atoms with Gasteiger partial charge in [-0.2, -0.15) is 0 Å². The Labute approximate surface area is 164 Å². The number of likely N-dealkylation sites (tertiary alicyclic amines) is 2. The van der Waals surface area contributed by atoms with Crippen LogP contribution in [0.2, 0.25) is 0 Å². The highest BCUT2D eigenvalue weighted by Gasteiger charge is 2.38. The van der Waals surface area contributed by atoms with Crippen LogP contribution in [0.25, 0.3) is 11.2 Å². The van der Waals surface area contributed by atoms with Crippen molar-refractivity contribution in [2.24, 2.45) is 11.8 Å². The first-order valence-corrected chi connectivity index (χ1v) is 10.6. The lowest BCUT2D eigenvalue weighted by atomic mass is 9.92. The molecule has 3 fully saturated rings. The fraction of sp³-hybridized carbons (Fsp3) is 0.619. The molecule has 7 heteroatoms. The normalized spacial score (nSPS) is 25.9. The Morgan fingerprint density at radius 1 is 0.964 bits per heavy atom. The number of aromatic nitrogens is 3. The summed E-state index contributed by atoms with van der Waals surface area (Å²) in [6.07, 6.45) is 7.63. The Bertz CT molecular complexity index is 857. The van der Waals surface area contributed by atoms with E-state index >= 15 is 0 Å². The smallest absolute Gasteiger partial charge is 0.227 e. The lowest BCUT2D eigenvalue weighted by Gasteiger charge is -2.38. The summed E-state index contributed by atoms with van der Waals surface area (Å²) in [4.78, 5) is 41.9. The zero-order valence-corrected chi connectivity index (χ0v) is 16.1. The standard InChI is InChI=1S/C21H27N5O2/c27-20(14-7-8-14)26-11-3-5-16(13-26)21(28)25-10-2-4-15(12-25)18-23-17-6-1-9-22-19(17)24-18/h1,6,9,14-16H,2-5,7-8,10-13H2,(H,22,23,24). The molecule has 148 valence electrons. The molecule has 3 aliphatic rings. The van der Waals surface area contributed by atoms with Gasteiger partial charge < -0.3 is 14.8 Å². The molecule has 1 aliphatic carbocycles. The van der Waals surface area contributed by atoms with Crippen LogP contribution in [0.4, 0.5) is 0 Å². The van der Waals surface area contributed by atoms with Crippen molar-refractivity contribution in [1.82, 2.24) is 24.8 Å². The van der Waals surface area contributed by atoms with E-state index in [1.807, 2.05) is 21.9 Å². The molecule has 1 N–H and O–H groups in total. The Balaban J connectivity index is 1.26. The molecule has 2 amide bonds. The third kappa shape index (κ3) is 3.38. The van der Waals surface area contributed by atoms with Gasteiger partial charge >= 0.3 is 0 Å². The van der Waals surface area contributed by atoms with E-state index in [0.717, 1.165) is 68.6 Å². The molecule has 4 heterocycles. The quantitative estimate of drug-likeness (QED) is 0.885. The lowest BCUT2D eigenvalue weighted by molar-refractivity contribution is -0.142. The largest absolute Gasteiger partial charge is 0.342 e. The van der Waals surface area contributed by atoms with E-state index in [-0.39, 0.29) is 29.6 Å². The van der Waals surface area contributed by atoms with E-state index < -0.39 is 0 Å². The molecule has 5 rings (SSSR count). The molecule has 2 aromatic heterocycles. The fourth-order valence-corrected chi connectivity index (χ4v) is 4.68. The summed E-state index contributed by atoms with van der Waals surface area (Å²) in [5.74, 6) is 1.82. The van der Waals surface area contributed by atoms with Crippen LogP contribution < -0.4 is 0 Å². The van der Waals surface area contributed by atoms with Crippen LogP contribution in [0.5, 0.6) is 0 Å². The molecule has 0 radical (unpaired) electrons. The van der Waals surface area contributed by atoms with Crippen molar-refractivity contribution in [2.45, 2.75) is 44.4 Å². The van der Waals surface area contributed by atoms with E-state index in [4.69, 9.17) is 0 Å². The number of carbonyl (C=O) groups is 2. The number of rotatable bonds is 3. The van der Waals surface area contributed by atoms with Crippen molar-refractivity contribution in [3.8, 4) is 0 Å². The predicted molar refractivity (Wildman–Crippen MR) is 104 cm³/mol. The molecule has 2 aromatic rings. The number of fused-ring (bicyclic) bond motifs is 1. The maximum absolute atomic E-state index is 13.2. The average Bonchev–Trinajstić information content (AvgIpc) is 3.51. The van der Waals surface area contributed by atoms with Crippen LogP contribution in [0.3, 0.4) is 0 Å². The molecule has 0 bridgehead atoms. The van der Waals surface area contributed by atoms with E-state index in [0.29, 0.717) is 13.1 Å². The summed E-state index contributed by atoms with van der Waals surface area (Å²) in [5.41, 5.74) is 1.69. The maximum atomic E-state index is 13.2. The molecule has 0 aromatic carbocycles. The Morgan fingerprint density at radius 2 is 1.71 bits per heavy atom. The Morgan fingerprint density at radius 3 is 2.50 bits per heavy atom. The highest BCUT2D eigenvalue weighted by molar-refractivity contribution is 5.83. The van der Waals surface area contributed by atoms with Gasteiger partial charge in [-0.1, -0.05) is 0 Å². The number of nitrogens with one attached hydrogen (secondary N) is 1. The van der Waals surface area contributed by atoms with Gasteiger partial charge in [-0.25, -0.2) is 9.97 Å². The van der Waals surface area contributed by atoms with Gasteiger partial charge in [-0.05, 0) is 50.7 Å². The molecule has 2 atom stereocenters. The number of imidazole rings is 1. The molecule has 2 unspecified atom stereocenters. The van der Waals surface area contributed by atoms with Crippen LogP contribution in [0.1, 0.15) is 50.3 Å². The molecule has 28 heavy (non-hydrogen) atoms. The van der Waals surface area contributed by atoms with E-state index in [2.05, 4.69) is 15.0 Å². The van der Waals surface area contributed by atoms with Crippen molar-refractivity contribution >= 4 is 23.0 Å². The molecule has 1 saturated carbocycles. The van der Waals surface area contributed by atoms with Gasteiger partial charge in [-0.15, -0.1) is 0 Å². The summed E-state index contributed by atoms with van der Waals surface area (Å²) in [6, 6.07) is 3.89. The summed E-state index contributed by atoms with van der Waals surface area (Å²) in [7, 11) is 0. The summed E-state index contributed by atoms with van der Waals surface area (Å²) in [6.45, 7) is 2.92. The first kappa shape index (κ1) is 17.6. The van der Waals surface area contributed by atoms with Gasteiger partial charge in [0.05, 0.1) is 11.4 Å². The minimum absolute atomic E-state index is 0.0486. The van der Waals surface area contributed by atoms with Crippen LogP contribution in [0, 0.1) is 11.8 Å². The van der Waals surface area contributed by atoms with Gasteiger partial charge in [0.15, 0.2) is 5.65 Å². The summed E-state index contributed by atoms with van der Waals surface area (Å²) < 4.78 is 0. The molecule has 2 saturated heterocycles. The minimum atomic E-state index is -0.0486. The average molecular weight is 381 g/mol. The van der Waals surface area contributed by atoms with Gasteiger partial charge in [0, 0.05) is 44.2 Å². The highest BCUT2D eigenvalue weighted by atomic mass is 16.2.